The van der Waals surface area contributed by atoms with E-state index in [9.17, 15) is 4.79 Å². The van der Waals surface area contributed by atoms with E-state index in [0.29, 0.717) is 5.02 Å². The molecule has 0 atom stereocenters. The van der Waals surface area contributed by atoms with E-state index in [-0.39, 0.29) is 46.5 Å². The zero-order valence-corrected chi connectivity index (χ0v) is 17.2. The largest absolute Gasteiger partial charge is 0.481 e. The Hall–Kier alpha value is -3.04. The van der Waals surface area contributed by atoms with E-state index in [1.54, 1.807) is 19.1 Å². The summed E-state index contributed by atoms with van der Waals surface area (Å²) >= 11 is 12.1. The molecule has 0 saturated heterocycles. The molecule has 3 rings (SSSR count). The highest BCUT2D eigenvalue weighted by Gasteiger charge is 2.24. The van der Waals surface area contributed by atoms with Crippen molar-refractivity contribution in [2.24, 2.45) is 0 Å². The van der Waals surface area contributed by atoms with Gasteiger partial charge in [-0.2, -0.15) is 19.7 Å². The molecule has 1 aromatic carbocycles. The van der Waals surface area contributed by atoms with Crippen molar-refractivity contribution in [1.82, 2.24) is 19.7 Å². The fourth-order valence-corrected chi connectivity index (χ4v) is 2.73. The molecule has 0 aliphatic rings. The molecule has 9 nitrogen and oxygen atoms in total. The Balaban J connectivity index is 2.14. The maximum atomic E-state index is 12.4. The highest BCUT2D eigenvalue weighted by molar-refractivity contribution is 6.35. The number of methoxy groups -OCH3 is 2. The van der Waals surface area contributed by atoms with E-state index in [4.69, 9.17) is 42.1 Å². The number of benzene rings is 1. The van der Waals surface area contributed by atoms with Gasteiger partial charge in [0.25, 0.3) is 5.95 Å². The quantitative estimate of drug-likeness (QED) is 0.511. The van der Waals surface area contributed by atoms with Crippen LogP contribution in [0.5, 0.6) is 23.4 Å². The molecule has 152 valence electrons. The topological polar surface area (TPSA) is 97.6 Å². The molecule has 0 N–H and O–H groups in total. The number of carbonyl (C=O) groups excluding carboxylic acids is 1. The Morgan fingerprint density at radius 1 is 1.10 bits per heavy atom. The molecule has 0 aliphatic heterocycles. The van der Waals surface area contributed by atoms with E-state index in [2.05, 4.69) is 15.1 Å². The molecule has 0 spiro atoms. The summed E-state index contributed by atoms with van der Waals surface area (Å²) in [5, 5.41) is 4.84. The van der Waals surface area contributed by atoms with Gasteiger partial charge in [0.05, 0.1) is 38.1 Å². The van der Waals surface area contributed by atoms with Crippen LogP contribution in [0.4, 0.5) is 0 Å². The zero-order chi connectivity index (χ0) is 21.0. The smallest absolute Gasteiger partial charge is 0.345 e. The Morgan fingerprint density at radius 3 is 2.38 bits per heavy atom. The van der Waals surface area contributed by atoms with Crippen LogP contribution in [0.15, 0.2) is 30.5 Å². The SMILES string of the molecule is CCOC(=O)c1cnn(-c2nc(OC)cc(OC)n2)c1Oc1ccc(Cl)cc1Cl. The highest BCUT2D eigenvalue weighted by atomic mass is 35.5. The first-order valence-corrected chi connectivity index (χ1v) is 9.07. The molecule has 0 fully saturated rings. The van der Waals surface area contributed by atoms with E-state index < -0.39 is 5.97 Å². The van der Waals surface area contributed by atoms with Crippen molar-refractivity contribution in [2.75, 3.05) is 20.8 Å². The van der Waals surface area contributed by atoms with E-state index in [0.717, 1.165) is 0 Å². The summed E-state index contributed by atoms with van der Waals surface area (Å²) in [4.78, 5) is 20.8. The lowest BCUT2D eigenvalue weighted by Gasteiger charge is -2.12. The molecule has 3 aromatic rings. The van der Waals surface area contributed by atoms with E-state index in [1.165, 1.54) is 37.2 Å². The number of hydrogen-bond donors (Lipinski definition) is 0. The Kier molecular flexibility index (Phi) is 6.40. The molecule has 0 saturated carbocycles. The van der Waals surface area contributed by atoms with Crippen molar-refractivity contribution in [1.29, 1.82) is 0 Å². The van der Waals surface area contributed by atoms with Gasteiger partial charge in [-0.1, -0.05) is 23.2 Å². The third-order valence-corrected chi connectivity index (χ3v) is 4.13. The number of aromatic nitrogens is 4. The number of nitrogens with zero attached hydrogens (tertiary/aromatic N) is 4. The summed E-state index contributed by atoms with van der Waals surface area (Å²) in [6.45, 7) is 1.86. The second kappa shape index (κ2) is 8.97. The normalized spacial score (nSPS) is 10.5. The first-order valence-electron chi connectivity index (χ1n) is 8.32. The third kappa shape index (κ3) is 4.52. The van der Waals surface area contributed by atoms with Crippen molar-refractivity contribution >= 4 is 29.2 Å². The summed E-state index contributed by atoms with van der Waals surface area (Å²) in [6, 6.07) is 6.16. The van der Waals surface area contributed by atoms with Gasteiger partial charge in [-0.15, -0.1) is 0 Å². The summed E-state index contributed by atoms with van der Waals surface area (Å²) in [6.07, 6.45) is 1.28. The summed E-state index contributed by atoms with van der Waals surface area (Å²) < 4.78 is 22.5. The van der Waals surface area contributed by atoms with Crippen LogP contribution >= 0.6 is 23.2 Å². The number of halogens is 2. The molecule has 29 heavy (non-hydrogen) atoms. The lowest BCUT2D eigenvalue weighted by Crippen LogP contribution is -2.09. The monoisotopic (exact) mass is 438 g/mol. The van der Waals surface area contributed by atoms with Crippen LogP contribution in [0.3, 0.4) is 0 Å². The third-order valence-electron chi connectivity index (χ3n) is 3.60. The number of rotatable bonds is 7. The standard InChI is InChI=1S/C18H16Cl2N4O5/c1-4-28-17(25)11-9-21-24(18-22-14(26-2)8-15(23-18)27-3)16(11)29-13-6-5-10(19)7-12(13)20/h5-9H,4H2,1-3H3. The molecule has 0 unspecified atom stereocenters. The molecule has 0 bridgehead atoms. The minimum absolute atomic E-state index is 0.00276. The number of ether oxygens (including phenoxy) is 4. The Labute approximate surface area is 176 Å². The number of carbonyl (C=O) groups is 1. The minimum atomic E-state index is -0.631. The maximum absolute atomic E-state index is 12.4. The molecule has 11 heteroatoms. The fraction of sp³-hybridized carbons (Fsp3) is 0.222. The summed E-state index contributed by atoms with van der Waals surface area (Å²) in [7, 11) is 2.90. The molecular weight excluding hydrogens is 423 g/mol. The van der Waals surface area contributed by atoms with Crippen LogP contribution in [0.25, 0.3) is 5.95 Å². The second-order valence-electron chi connectivity index (χ2n) is 5.43. The average molecular weight is 439 g/mol. The van der Waals surface area contributed by atoms with Crippen LogP contribution in [0, 0.1) is 0 Å². The lowest BCUT2D eigenvalue weighted by atomic mass is 10.3. The minimum Gasteiger partial charge on any atom is -0.481 e. The predicted octanol–water partition coefficient (Wildman–Crippen LogP) is 3.96. The molecule has 2 aromatic heterocycles. The number of esters is 1. The second-order valence-corrected chi connectivity index (χ2v) is 6.27. The van der Waals surface area contributed by atoms with Crippen LogP contribution < -0.4 is 14.2 Å². The zero-order valence-electron chi connectivity index (χ0n) is 15.7. The van der Waals surface area contributed by atoms with E-state index >= 15 is 0 Å². The lowest BCUT2D eigenvalue weighted by molar-refractivity contribution is 0.0523. The molecule has 0 amide bonds. The van der Waals surface area contributed by atoms with Gasteiger partial charge in [0.1, 0.15) is 11.3 Å². The molecule has 0 aliphatic carbocycles. The fourth-order valence-electron chi connectivity index (χ4n) is 2.29. The van der Waals surface area contributed by atoms with Gasteiger partial charge in [0.15, 0.2) is 0 Å². The van der Waals surface area contributed by atoms with Crippen molar-refractivity contribution in [3.8, 4) is 29.3 Å². The predicted molar refractivity (Wildman–Crippen MR) is 105 cm³/mol. The van der Waals surface area contributed by atoms with Gasteiger partial charge < -0.3 is 18.9 Å². The van der Waals surface area contributed by atoms with Crippen LogP contribution in [-0.4, -0.2) is 46.5 Å². The Bertz CT molecular complexity index is 1020. The average Bonchev–Trinajstić information content (AvgIpc) is 3.13. The molecule has 2 heterocycles. The van der Waals surface area contributed by atoms with E-state index in [1.807, 2.05) is 0 Å². The van der Waals surface area contributed by atoms with Gasteiger partial charge >= 0.3 is 5.97 Å². The molecular formula is C18H16Cl2N4O5. The molecule has 0 radical (unpaired) electrons. The van der Waals surface area contributed by atoms with Crippen molar-refractivity contribution in [2.45, 2.75) is 6.92 Å². The van der Waals surface area contributed by atoms with Gasteiger partial charge in [-0.25, -0.2) is 4.79 Å². The van der Waals surface area contributed by atoms with Crippen molar-refractivity contribution in [3.63, 3.8) is 0 Å². The Morgan fingerprint density at radius 2 is 1.79 bits per heavy atom. The van der Waals surface area contributed by atoms with Crippen molar-refractivity contribution < 1.29 is 23.7 Å². The van der Waals surface area contributed by atoms with Gasteiger partial charge in [-0.3, -0.25) is 0 Å². The summed E-state index contributed by atoms with van der Waals surface area (Å²) in [5.41, 5.74) is 0.0586. The summed E-state index contributed by atoms with van der Waals surface area (Å²) in [5.74, 6) is 0.137. The highest BCUT2D eigenvalue weighted by Crippen LogP contribution is 2.34. The first kappa shape index (κ1) is 20.7. The number of hydrogen-bond acceptors (Lipinski definition) is 8. The van der Waals surface area contributed by atoms with Gasteiger partial charge in [0, 0.05) is 5.02 Å². The first-order chi connectivity index (χ1) is 14.0. The van der Waals surface area contributed by atoms with Gasteiger partial charge in [0.2, 0.25) is 17.6 Å². The van der Waals surface area contributed by atoms with Gasteiger partial charge in [-0.05, 0) is 25.1 Å². The van der Waals surface area contributed by atoms with Crippen LogP contribution in [0.2, 0.25) is 10.0 Å². The van der Waals surface area contributed by atoms with Crippen LogP contribution in [0.1, 0.15) is 17.3 Å². The van der Waals surface area contributed by atoms with Crippen LogP contribution in [-0.2, 0) is 4.74 Å². The van der Waals surface area contributed by atoms with Crippen molar-refractivity contribution in [3.05, 3.63) is 46.1 Å². The maximum Gasteiger partial charge on any atom is 0.345 e.